The van der Waals surface area contributed by atoms with Crippen LogP contribution >= 0.6 is 0 Å². The van der Waals surface area contributed by atoms with E-state index in [1.807, 2.05) is 20.8 Å². The predicted octanol–water partition coefficient (Wildman–Crippen LogP) is 0.442. The van der Waals surface area contributed by atoms with Crippen molar-refractivity contribution in [1.82, 2.24) is 10.6 Å². The van der Waals surface area contributed by atoms with E-state index in [9.17, 15) is 9.59 Å². The Morgan fingerprint density at radius 2 is 1.94 bits per heavy atom. The summed E-state index contributed by atoms with van der Waals surface area (Å²) in [5.74, 6) is -0.297. The van der Waals surface area contributed by atoms with Gasteiger partial charge in [-0.3, -0.25) is 9.59 Å². The second kappa shape index (κ2) is 8.10. The number of hydrogen-bond acceptors (Lipinski definition) is 4. The first-order chi connectivity index (χ1) is 7.51. The lowest BCUT2D eigenvalue weighted by Crippen LogP contribution is -2.40. The quantitative estimate of drug-likeness (QED) is 0.623. The van der Waals surface area contributed by atoms with Crippen molar-refractivity contribution in [1.29, 1.82) is 0 Å². The van der Waals surface area contributed by atoms with Gasteiger partial charge >= 0.3 is 5.97 Å². The Bertz CT molecular complexity index is 229. The fourth-order valence-corrected chi connectivity index (χ4v) is 1.29. The molecule has 0 rings (SSSR count). The van der Waals surface area contributed by atoms with Crippen LogP contribution in [0.15, 0.2) is 0 Å². The number of carbonyl (C=O) groups is 2. The molecule has 1 amide bonds. The number of carbonyl (C=O) groups excluding carboxylic acids is 2. The number of rotatable bonds is 7. The maximum absolute atomic E-state index is 11.3. The Morgan fingerprint density at radius 3 is 2.38 bits per heavy atom. The van der Waals surface area contributed by atoms with Gasteiger partial charge in [-0.2, -0.15) is 0 Å². The Balaban J connectivity index is 3.78. The molecule has 5 heteroatoms. The highest BCUT2D eigenvalue weighted by molar-refractivity contribution is 5.77. The highest BCUT2D eigenvalue weighted by Gasteiger charge is 2.15. The van der Waals surface area contributed by atoms with Crippen LogP contribution in [0.5, 0.6) is 0 Å². The van der Waals surface area contributed by atoms with Gasteiger partial charge in [-0.05, 0) is 20.3 Å². The van der Waals surface area contributed by atoms with Gasteiger partial charge in [0.15, 0.2) is 0 Å². The first-order valence-electron chi connectivity index (χ1n) is 5.61. The summed E-state index contributed by atoms with van der Waals surface area (Å²) in [6.45, 7) is 6.19. The molecule has 0 aliphatic carbocycles. The number of esters is 1. The second-order valence-corrected chi connectivity index (χ2v) is 3.91. The zero-order chi connectivity index (χ0) is 12.6. The highest BCUT2D eigenvalue weighted by atomic mass is 16.5. The number of amides is 1. The molecule has 0 aromatic rings. The smallest absolute Gasteiger partial charge is 0.322 e. The number of methoxy groups -OCH3 is 1. The summed E-state index contributed by atoms with van der Waals surface area (Å²) in [5.41, 5.74) is 0. The van der Waals surface area contributed by atoms with E-state index in [0.29, 0.717) is 19.4 Å². The summed E-state index contributed by atoms with van der Waals surface area (Å²) in [4.78, 5) is 22.5. The van der Waals surface area contributed by atoms with Crippen molar-refractivity contribution in [3.05, 3.63) is 0 Å². The number of ether oxygens (including phenoxy) is 1. The molecule has 5 nitrogen and oxygen atoms in total. The third-order valence-corrected chi connectivity index (χ3v) is 2.09. The van der Waals surface area contributed by atoms with E-state index in [4.69, 9.17) is 0 Å². The first kappa shape index (κ1) is 14.9. The van der Waals surface area contributed by atoms with Gasteiger partial charge in [-0.1, -0.05) is 6.92 Å². The monoisotopic (exact) mass is 230 g/mol. The van der Waals surface area contributed by atoms with Gasteiger partial charge in [-0.25, -0.2) is 0 Å². The average molecular weight is 230 g/mol. The lowest BCUT2D eigenvalue weighted by molar-refractivity contribution is -0.143. The molecule has 0 radical (unpaired) electrons. The fourth-order valence-electron chi connectivity index (χ4n) is 1.29. The fraction of sp³-hybridized carbons (Fsp3) is 0.818. The molecular formula is C11H22N2O3. The van der Waals surface area contributed by atoms with E-state index in [-0.39, 0.29) is 24.0 Å². The molecule has 16 heavy (non-hydrogen) atoms. The zero-order valence-corrected chi connectivity index (χ0v) is 10.5. The summed E-state index contributed by atoms with van der Waals surface area (Å²) in [6, 6.07) is -0.174. The van der Waals surface area contributed by atoms with Crippen molar-refractivity contribution in [3.8, 4) is 0 Å². The maximum Gasteiger partial charge on any atom is 0.322 e. The van der Waals surface area contributed by atoms with Crippen LogP contribution in [0, 0.1) is 0 Å². The Labute approximate surface area is 96.9 Å². The van der Waals surface area contributed by atoms with E-state index < -0.39 is 0 Å². The molecule has 0 saturated heterocycles. The second-order valence-electron chi connectivity index (χ2n) is 3.91. The van der Waals surface area contributed by atoms with E-state index in [1.54, 1.807) is 0 Å². The minimum atomic E-state index is -0.322. The van der Waals surface area contributed by atoms with Crippen molar-refractivity contribution in [2.75, 3.05) is 13.7 Å². The van der Waals surface area contributed by atoms with Crippen LogP contribution in [0.4, 0.5) is 0 Å². The molecule has 1 atom stereocenters. The lowest BCUT2D eigenvalue weighted by atomic mass is 10.2. The maximum atomic E-state index is 11.3. The van der Waals surface area contributed by atoms with Crippen LogP contribution in [0.25, 0.3) is 0 Å². The summed E-state index contributed by atoms with van der Waals surface area (Å²) in [5, 5.41) is 5.77. The molecule has 0 aromatic heterocycles. The largest absolute Gasteiger partial charge is 0.468 e. The molecule has 0 fully saturated rings. The lowest BCUT2D eigenvalue weighted by Gasteiger charge is -2.14. The van der Waals surface area contributed by atoms with E-state index in [2.05, 4.69) is 15.4 Å². The van der Waals surface area contributed by atoms with Gasteiger partial charge in [0.25, 0.3) is 0 Å². The number of nitrogens with one attached hydrogen (secondary N) is 2. The summed E-state index contributed by atoms with van der Waals surface area (Å²) < 4.78 is 4.62. The van der Waals surface area contributed by atoms with E-state index in [1.165, 1.54) is 7.11 Å². The molecule has 0 aromatic carbocycles. The molecule has 0 spiro atoms. The van der Waals surface area contributed by atoms with Crippen molar-refractivity contribution < 1.29 is 14.3 Å². The van der Waals surface area contributed by atoms with Crippen LogP contribution in [0.2, 0.25) is 0 Å². The molecule has 0 aliphatic heterocycles. The average Bonchev–Trinajstić information content (AvgIpc) is 2.22. The number of hydrogen-bond donors (Lipinski definition) is 2. The van der Waals surface area contributed by atoms with E-state index >= 15 is 0 Å². The minimum absolute atomic E-state index is 0.0118. The van der Waals surface area contributed by atoms with Gasteiger partial charge in [0.2, 0.25) is 5.91 Å². The molecule has 1 unspecified atom stereocenters. The molecule has 0 saturated carbocycles. The summed E-state index contributed by atoms with van der Waals surface area (Å²) >= 11 is 0. The van der Waals surface area contributed by atoms with Gasteiger partial charge in [0.05, 0.1) is 7.11 Å². The summed E-state index contributed by atoms with van der Waals surface area (Å²) in [6.07, 6.45) is 1.02. The zero-order valence-electron chi connectivity index (χ0n) is 10.5. The van der Waals surface area contributed by atoms with Crippen LogP contribution in [-0.2, 0) is 14.3 Å². The minimum Gasteiger partial charge on any atom is -0.468 e. The SMILES string of the molecule is CCC(NCCC(=O)NC(C)C)C(=O)OC. The van der Waals surface area contributed by atoms with Gasteiger partial charge < -0.3 is 15.4 Å². The van der Waals surface area contributed by atoms with Crippen molar-refractivity contribution in [2.24, 2.45) is 0 Å². The first-order valence-corrected chi connectivity index (χ1v) is 5.61. The topological polar surface area (TPSA) is 67.4 Å². The molecule has 94 valence electrons. The van der Waals surface area contributed by atoms with Gasteiger partial charge in [0.1, 0.15) is 6.04 Å². The predicted molar refractivity (Wildman–Crippen MR) is 62.0 cm³/mol. The van der Waals surface area contributed by atoms with Crippen LogP contribution in [0.1, 0.15) is 33.6 Å². The third kappa shape index (κ3) is 6.40. The van der Waals surface area contributed by atoms with Crippen LogP contribution < -0.4 is 10.6 Å². The Morgan fingerprint density at radius 1 is 1.31 bits per heavy atom. The summed E-state index contributed by atoms with van der Waals surface area (Å²) in [7, 11) is 1.36. The van der Waals surface area contributed by atoms with Crippen molar-refractivity contribution in [3.63, 3.8) is 0 Å². The van der Waals surface area contributed by atoms with Gasteiger partial charge in [0, 0.05) is 19.0 Å². The third-order valence-electron chi connectivity index (χ3n) is 2.09. The van der Waals surface area contributed by atoms with Crippen LogP contribution in [-0.4, -0.2) is 37.6 Å². The Kier molecular flexibility index (Phi) is 7.54. The van der Waals surface area contributed by atoms with Crippen molar-refractivity contribution >= 4 is 11.9 Å². The molecule has 0 aliphatic rings. The highest BCUT2D eigenvalue weighted by Crippen LogP contribution is 1.94. The molecular weight excluding hydrogens is 208 g/mol. The normalized spacial score (nSPS) is 12.3. The van der Waals surface area contributed by atoms with E-state index in [0.717, 1.165) is 0 Å². The van der Waals surface area contributed by atoms with Gasteiger partial charge in [-0.15, -0.1) is 0 Å². The van der Waals surface area contributed by atoms with Crippen LogP contribution in [0.3, 0.4) is 0 Å². The molecule has 0 bridgehead atoms. The van der Waals surface area contributed by atoms with Crippen molar-refractivity contribution in [2.45, 2.75) is 45.7 Å². The standard InChI is InChI=1S/C11H22N2O3/c1-5-9(11(15)16-4)12-7-6-10(14)13-8(2)3/h8-9,12H,5-7H2,1-4H3,(H,13,14). The molecule has 0 heterocycles. The Hall–Kier alpha value is -1.10. The molecule has 2 N–H and O–H groups in total.